The van der Waals surface area contributed by atoms with Crippen molar-refractivity contribution in [1.82, 2.24) is 19.9 Å². The van der Waals surface area contributed by atoms with Crippen LogP contribution in [0.25, 0.3) is 11.4 Å². The maximum absolute atomic E-state index is 13.2. The molecule has 0 atom stereocenters. The fourth-order valence-corrected chi connectivity index (χ4v) is 6.95. The van der Waals surface area contributed by atoms with Crippen LogP contribution in [0.5, 0.6) is 5.75 Å². The Morgan fingerprint density at radius 2 is 1.55 bits per heavy atom. The SMILES string of the molecule is CN1/C(=C2/SC(=S)N(CCOCOc3ccc(-c4nc(C(Cl)(Cl)Cl)nc(C(Cl)(Cl)Cl)n4)cc3)C2=O)Sc2ccccc21. The molecule has 1 fully saturated rings. The number of alkyl halides is 6. The lowest BCUT2D eigenvalue weighted by Gasteiger charge is -2.16. The number of ether oxygens (including phenoxy) is 2. The first-order valence-corrected chi connectivity index (χ1v) is 16.1. The van der Waals surface area contributed by atoms with E-state index in [1.807, 2.05) is 36.2 Å². The summed E-state index contributed by atoms with van der Waals surface area (Å²) in [5, 5.41) is 0.868. The number of anilines is 1. The Kier molecular flexibility index (Phi) is 9.95. The Bertz CT molecular complexity index is 1530. The zero-order chi connectivity index (χ0) is 30.2. The summed E-state index contributed by atoms with van der Waals surface area (Å²) < 4.78 is 7.85. The molecule has 0 bridgehead atoms. The summed E-state index contributed by atoms with van der Waals surface area (Å²) in [6.07, 6.45) is 0. The molecule has 1 amide bonds. The van der Waals surface area contributed by atoms with E-state index >= 15 is 0 Å². The zero-order valence-electron chi connectivity index (χ0n) is 21.2. The van der Waals surface area contributed by atoms with Crippen LogP contribution in [0, 0.1) is 0 Å². The molecule has 0 N–H and O–H groups in total. The van der Waals surface area contributed by atoms with Crippen LogP contribution in [0.3, 0.4) is 0 Å². The quantitative estimate of drug-likeness (QED) is 0.0786. The van der Waals surface area contributed by atoms with E-state index in [1.165, 1.54) is 11.8 Å². The van der Waals surface area contributed by atoms with Gasteiger partial charge in [-0.25, -0.2) is 15.0 Å². The lowest BCUT2D eigenvalue weighted by atomic mass is 10.2. The van der Waals surface area contributed by atoms with Gasteiger partial charge in [0, 0.05) is 17.5 Å². The number of rotatable bonds is 7. The second kappa shape index (κ2) is 13.0. The standard InChI is InChI=1S/C25H17Cl6N5O3S3/c1-35-15-4-2-3-5-16(15)41-20(35)17-19(37)36(23(40)42-17)10-11-38-12-39-14-8-6-13(7-9-14)18-32-21(24(26,27)28)34-22(33-18)25(29,30)31/h2-9H,10-12H2,1H3/b20-17-. The van der Waals surface area contributed by atoms with E-state index in [2.05, 4.69) is 15.0 Å². The van der Waals surface area contributed by atoms with Crippen LogP contribution >= 0.6 is 105 Å². The summed E-state index contributed by atoms with van der Waals surface area (Å²) in [5.74, 6) is 0.127. The molecule has 3 aromatic rings. The van der Waals surface area contributed by atoms with Crippen molar-refractivity contribution in [1.29, 1.82) is 0 Å². The van der Waals surface area contributed by atoms with E-state index in [-0.39, 0.29) is 36.8 Å². The molecule has 0 saturated carbocycles. The van der Waals surface area contributed by atoms with Crippen molar-refractivity contribution in [3.8, 4) is 17.1 Å². The molecule has 8 nitrogen and oxygen atoms in total. The number of aromatic nitrogens is 3. The van der Waals surface area contributed by atoms with Crippen molar-refractivity contribution in [3.05, 3.63) is 70.1 Å². The van der Waals surface area contributed by atoms with Crippen molar-refractivity contribution in [3.63, 3.8) is 0 Å². The van der Waals surface area contributed by atoms with Gasteiger partial charge >= 0.3 is 0 Å². The Labute approximate surface area is 284 Å². The van der Waals surface area contributed by atoms with Gasteiger partial charge in [0.1, 0.15) is 15.0 Å². The van der Waals surface area contributed by atoms with Crippen LogP contribution in [0.1, 0.15) is 11.6 Å². The number of benzene rings is 2. The van der Waals surface area contributed by atoms with E-state index in [1.54, 1.807) is 40.9 Å². The highest BCUT2D eigenvalue weighted by molar-refractivity contribution is 8.27. The minimum Gasteiger partial charge on any atom is -0.468 e. The number of amides is 1. The number of nitrogens with zero attached hydrogens (tertiary/aromatic N) is 5. The third-order valence-electron chi connectivity index (χ3n) is 5.80. The molecule has 5 rings (SSSR count). The predicted molar refractivity (Wildman–Crippen MR) is 175 cm³/mol. The molecule has 42 heavy (non-hydrogen) atoms. The highest BCUT2D eigenvalue weighted by Crippen LogP contribution is 2.49. The number of halogens is 6. The topological polar surface area (TPSA) is 80.7 Å². The molecule has 2 aromatic carbocycles. The van der Waals surface area contributed by atoms with Gasteiger partial charge in [0.05, 0.1) is 23.9 Å². The Hall–Kier alpha value is -1.25. The summed E-state index contributed by atoms with van der Waals surface area (Å²) in [5.41, 5.74) is 1.60. The molecule has 0 aliphatic carbocycles. The van der Waals surface area contributed by atoms with E-state index in [9.17, 15) is 4.79 Å². The number of thiocarbonyl (C=S) groups is 1. The van der Waals surface area contributed by atoms with E-state index < -0.39 is 7.59 Å². The highest BCUT2D eigenvalue weighted by Gasteiger charge is 2.38. The lowest BCUT2D eigenvalue weighted by Crippen LogP contribution is -2.32. The number of carbonyl (C=O) groups is 1. The minimum atomic E-state index is -1.96. The smallest absolute Gasteiger partial charge is 0.268 e. The molecule has 2 aliphatic rings. The molecule has 2 aliphatic heterocycles. The fraction of sp³-hybridized carbons (Fsp3) is 0.240. The largest absolute Gasteiger partial charge is 0.468 e. The number of hydrogen-bond donors (Lipinski definition) is 0. The lowest BCUT2D eigenvalue weighted by molar-refractivity contribution is -0.123. The summed E-state index contributed by atoms with van der Waals surface area (Å²) in [6, 6.07) is 14.7. The van der Waals surface area contributed by atoms with E-state index in [0.717, 1.165) is 15.6 Å². The summed E-state index contributed by atoms with van der Waals surface area (Å²) in [7, 11) is 1.94. The van der Waals surface area contributed by atoms with Crippen LogP contribution in [-0.4, -0.2) is 57.1 Å². The monoisotopic (exact) mass is 741 g/mol. The first-order valence-electron chi connectivity index (χ1n) is 11.8. The highest BCUT2D eigenvalue weighted by atomic mass is 35.6. The molecule has 3 heterocycles. The molecule has 220 valence electrons. The van der Waals surface area contributed by atoms with E-state index in [4.69, 9.17) is 91.3 Å². The number of thioether (sulfide) groups is 2. The molecule has 0 unspecified atom stereocenters. The third kappa shape index (κ3) is 7.17. The van der Waals surface area contributed by atoms with Crippen molar-refractivity contribution in [2.24, 2.45) is 0 Å². The molecule has 0 spiro atoms. The second-order valence-electron chi connectivity index (χ2n) is 8.58. The first-order chi connectivity index (χ1) is 19.8. The maximum atomic E-state index is 13.2. The van der Waals surface area contributed by atoms with Gasteiger partial charge < -0.3 is 14.4 Å². The van der Waals surface area contributed by atoms with Crippen molar-refractivity contribution in [2.75, 3.05) is 31.9 Å². The van der Waals surface area contributed by atoms with Gasteiger partial charge in [0.25, 0.3) is 5.91 Å². The zero-order valence-corrected chi connectivity index (χ0v) is 28.2. The molecule has 1 aromatic heterocycles. The predicted octanol–water partition coefficient (Wildman–Crippen LogP) is 7.82. The van der Waals surface area contributed by atoms with Gasteiger partial charge in [-0.1, -0.05) is 117 Å². The Balaban J connectivity index is 1.15. The fourth-order valence-electron chi connectivity index (χ4n) is 3.80. The number of carbonyl (C=O) groups excluding carboxylic acids is 1. The summed E-state index contributed by atoms with van der Waals surface area (Å²) >= 11 is 44.0. The average Bonchev–Trinajstić information content (AvgIpc) is 3.42. The van der Waals surface area contributed by atoms with Crippen LogP contribution in [-0.2, 0) is 17.1 Å². The first kappa shape index (κ1) is 32.2. The van der Waals surface area contributed by atoms with Crippen LogP contribution < -0.4 is 9.64 Å². The van der Waals surface area contributed by atoms with Gasteiger partial charge in [-0.2, -0.15) is 0 Å². The maximum Gasteiger partial charge on any atom is 0.268 e. The van der Waals surface area contributed by atoms with Crippen molar-refractivity contribution < 1.29 is 14.3 Å². The number of para-hydroxylation sites is 1. The number of hydrogen-bond acceptors (Lipinski definition) is 10. The van der Waals surface area contributed by atoms with Crippen LogP contribution in [0.2, 0.25) is 0 Å². The van der Waals surface area contributed by atoms with Crippen LogP contribution in [0.15, 0.2) is 63.4 Å². The Morgan fingerprint density at radius 1 is 0.905 bits per heavy atom. The molecule has 0 radical (unpaired) electrons. The van der Waals surface area contributed by atoms with Gasteiger partial charge in [0.15, 0.2) is 24.3 Å². The second-order valence-corrected chi connectivity index (χ2v) is 15.8. The van der Waals surface area contributed by atoms with Crippen molar-refractivity contribution in [2.45, 2.75) is 12.5 Å². The number of fused-ring (bicyclic) bond motifs is 1. The van der Waals surface area contributed by atoms with Gasteiger partial charge in [-0.3, -0.25) is 9.69 Å². The molecular weight excluding hydrogens is 727 g/mol. The summed E-state index contributed by atoms with van der Waals surface area (Å²) in [6.45, 7) is 0.464. The van der Waals surface area contributed by atoms with Crippen LogP contribution in [0.4, 0.5) is 5.69 Å². The normalized spacial score (nSPS) is 17.3. The molecule has 1 saturated heterocycles. The van der Waals surface area contributed by atoms with Gasteiger partial charge in [0.2, 0.25) is 7.59 Å². The van der Waals surface area contributed by atoms with E-state index in [0.29, 0.717) is 27.1 Å². The molecular formula is C25H17Cl6N5O3S3. The molecule has 17 heteroatoms. The average molecular weight is 744 g/mol. The Morgan fingerprint density at radius 3 is 2.17 bits per heavy atom. The van der Waals surface area contributed by atoms with Gasteiger partial charge in [-0.05, 0) is 36.4 Å². The minimum absolute atomic E-state index is 0.0519. The third-order valence-corrected chi connectivity index (χ3v) is 9.62. The summed E-state index contributed by atoms with van der Waals surface area (Å²) in [4.78, 5) is 30.8. The van der Waals surface area contributed by atoms with Crippen molar-refractivity contribution >= 4 is 121 Å². The van der Waals surface area contributed by atoms with Gasteiger partial charge in [-0.15, -0.1) is 0 Å².